The average Bonchev–Trinajstić information content (AvgIpc) is 2.49. The summed E-state index contributed by atoms with van der Waals surface area (Å²) in [5.41, 5.74) is 0. The quantitative estimate of drug-likeness (QED) is 0.467. The highest BCUT2D eigenvalue weighted by molar-refractivity contribution is 5.68. The summed E-state index contributed by atoms with van der Waals surface area (Å²) in [4.78, 5) is 56.4. The zero-order valence-corrected chi connectivity index (χ0v) is 15.0. The first kappa shape index (κ1) is 22.2. The van der Waals surface area contributed by atoms with Crippen molar-refractivity contribution in [3.8, 4) is 0 Å². The molecule has 5 atom stereocenters. The second kappa shape index (κ2) is 9.71. The lowest BCUT2D eigenvalue weighted by molar-refractivity contribution is -0.298. The molecule has 1 aliphatic rings. The summed E-state index contributed by atoms with van der Waals surface area (Å²) in [6.45, 7) is 3.71. The maximum atomic E-state index is 11.5. The average molecular weight is 392 g/mol. The van der Waals surface area contributed by atoms with Crippen molar-refractivity contribution in [1.29, 1.82) is 0 Å². The Labute approximate surface area is 153 Å². The zero-order chi connectivity index (χ0) is 20.7. The van der Waals surface area contributed by atoms with Crippen molar-refractivity contribution in [2.75, 3.05) is 6.61 Å². The number of ether oxygens (including phenoxy) is 6. The fraction of sp³-hybridized carbons (Fsp3) is 0.667. The highest BCUT2D eigenvalue weighted by Crippen LogP contribution is 2.29. The molecule has 1 N–H and O–H groups in total. The molecule has 27 heavy (non-hydrogen) atoms. The van der Waals surface area contributed by atoms with Crippen LogP contribution in [0.1, 0.15) is 27.7 Å². The number of hydrogen-bond acceptors (Lipinski definition) is 11. The maximum Gasteiger partial charge on any atom is 0.506 e. The molecule has 152 valence electrons. The van der Waals surface area contributed by atoms with Crippen LogP contribution in [-0.2, 0) is 47.6 Å². The minimum Gasteiger partial charge on any atom is -0.463 e. The van der Waals surface area contributed by atoms with Gasteiger partial charge in [0.15, 0.2) is 12.2 Å². The summed E-state index contributed by atoms with van der Waals surface area (Å²) in [6, 6.07) is 0. The second-order valence-electron chi connectivity index (χ2n) is 5.45. The van der Waals surface area contributed by atoms with Crippen molar-refractivity contribution in [2.24, 2.45) is 0 Å². The van der Waals surface area contributed by atoms with E-state index in [1.54, 1.807) is 0 Å². The standard InChI is InChI=1S/C15H20O12/c1-6(16)22-5-10-11(27-15(20)21)12(23-7(2)17)13(24-8(3)18)14(26-10)25-9(4)19/h10-14H,5H2,1-4H3,(H,20,21)/t10-,11-,12+,13+,14+/m1/s1. The van der Waals surface area contributed by atoms with E-state index in [0.717, 1.165) is 27.7 Å². The summed E-state index contributed by atoms with van der Waals surface area (Å²) in [7, 11) is 0. The molecule has 1 heterocycles. The van der Waals surface area contributed by atoms with Gasteiger partial charge in [0.25, 0.3) is 0 Å². The van der Waals surface area contributed by atoms with Crippen molar-refractivity contribution in [3.05, 3.63) is 0 Å². The van der Waals surface area contributed by atoms with Crippen molar-refractivity contribution in [1.82, 2.24) is 0 Å². The van der Waals surface area contributed by atoms with Gasteiger partial charge in [-0.2, -0.15) is 0 Å². The Morgan fingerprint density at radius 1 is 0.741 bits per heavy atom. The Balaban J connectivity index is 3.29. The Morgan fingerprint density at radius 2 is 1.26 bits per heavy atom. The third-order valence-electron chi connectivity index (χ3n) is 3.17. The number of carbonyl (C=O) groups is 5. The lowest BCUT2D eigenvalue weighted by Gasteiger charge is -2.43. The molecular formula is C15H20O12. The molecule has 1 rings (SSSR count). The van der Waals surface area contributed by atoms with Crippen LogP contribution >= 0.6 is 0 Å². The third kappa shape index (κ3) is 7.09. The first-order valence-corrected chi connectivity index (χ1v) is 7.71. The molecule has 0 bridgehead atoms. The van der Waals surface area contributed by atoms with Gasteiger partial charge in [-0.1, -0.05) is 0 Å². The SMILES string of the molecule is CC(=O)OC[C@H]1O[C@H](OC(C)=O)[C@@H](OC(C)=O)[C@@H](OC(C)=O)[C@@H]1OC(=O)O. The van der Waals surface area contributed by atoms with Crippen molar-refractivity contribution in [2.45, 2.75) is 58.4 Å². The largest absolute Gasteiger partial charge is 0.506 e. The van der Waals surface area contributed by atoms with E-state index in [4.69, 9.17) is 33.5 Å². The van der Waals surface area contributed by atoms with Crippen LogP contribution in [0.2, 0.25) is 0 Å². The lowest BCUT2D eigenvalue weighted by atomic mass is 9.98. The molecule has 1 fully saturated rings. The van der Waals surface area contributed by atoms with Gasteiger partial charge in [-0.15, -0.1) is 0 Å². The van der Waals surface area contributed by atoms with Crippen LogP contribution in [0, 0.1) is 0 Å². The third-order valence-corrected chi connectivity index (χ3v) is 3.17. The molecule has 1 aliphatic heterocycles. The molecule has 0 aromatic heterocycles. The van der Waals surface area contributed by atoms with Crippen molar-refractivity contribution >= 4 is 30.0 Å². The van der Waals surface area contributed by atoms with Gasteiger partial charge in [0.2, 0.25) is 12.4 Å². The normalized spacial score (nSPS) is 27.0. The van der Waals surface area contributed by atoms with E-state index < -0.39 is 67.3 Å². The Hall–Kier alpha value is -2.89. The van der Waals surface area contributed by atoms with Gasteiger partial charge in [0.05, 0.1) is 0 Å². The minimum absolute atomic E-state index is 0.504. The first-order chi connectivity index (χ1) is 12.5. The molecule has 0 aromatic rings. The Bertz CT molecular complexity index is 600. The summed E-state index contributed by atoms with van der Waals surface area (Å²) in [5.74, 6) is -3.22. The molecule has 1 saturated heterocycles. The van der Waals surface area contributed by atoms with Gasteiger partial charge in [-0.3, -0.25) is 19.2 Å². The summed E-state index contributed by atoms with van der Waals surface area (Å²) >= 11 is 0. The van der Waals surface area contributed by atoms with Gasteiger partial charge in [-0.05, 0) is 0 Å². The number of carbonyl (C=O) groups excluding carboxylic acids is 4. The fourth-order valence-corrected chi connectivity index (χ4v) is 2.37. The van der Waals surface area contributed by atoms with E-state index in [9.17, 15) is 24.0 Å². The predicted molar refractivity (Wildman–Crippen MR) is 81.1 cm³/mol. The summed E-state index contributed by atoms with van der Waals surface area (Å²) in [6.07, 6.45) is -9.21. The summed E-state index contributed by atoms with van der Waals surface area (Å²) in [5, 5.41) is 8.97. The van der Waals surface area contributed by atoms with Gasteiger partial charge < -0.3 is 33.5 Å². The van der Waals surface area contributed by atoms with E-state index in [1.807, 2.05) is 0 Å². The van der Waals surface area contributed by atoms with E-state index in [0.29, 0.717) is 0 Å². The van der Waals surface area contributed by atoms with E-state index in [2.05, 4.69) is 0 Å². The molecule has 0 aliphatic carbocycles. The molecule has 12 heteroatoms. The number of carboxylic acid groups (broad SMARTS) is 1. The number of hydrogen-bond donors (Lipinski definition) is 1. The summed E-state index contributed by atoms with van der Waals surface area (Å²) < 4.78 is 29.9. The van der Waals surface area contributed by atoms with E-state index in [1.165, 1.54) is 0 Å². The number of rotatable bonds is 6. The van der Waals surface area contributed by atoms with Crippen LogP contribution in [0.15, 0.2) is 0 Å². The molecule has 12 nitrogen and oxygen atoms in total. The van der Waals surface area contributed by atoms with Crippen LogP contribution in [-0.4, -0.2) is 72.5 Å². The minimum atomic E-state index is -1.75. The fourth-order valence-electron chi connectivity index (χ4n) is 2.37. The van der Waals surface area contributed by atoms with Crippen LogP contribution in [0.25, 0.3) is 0 Å². The van der Waals surface area contributed by atoms with Crippen molar-refractivity contribution in [3.63, 3.8) is 0 Å². The highest BCUT2D eigenvalue weighted by atomic mass is 16.8. The van der Waals surface area contributed by atoms with E-state index in [-0.39, 0.29) is 0 Å². The zero-order valence-electron chi connectivity index (χ0n) is 15.0. The molecule has 0 aromatic carbocycles. The molecule has 0 spiro atoms. The molecular weight excluding hydrogens is 372 g/mol. The van der Waals surface area contributed by atoms with Gasteiger partial charge in [-0.25, -0.2) is 4.79 Å². The van der Waals surface area contributed by atoms with Crippen LogP contribution in [0.5, 0.6) is 0 Å². The van der Waals surface area contributed by atoms with Gasteiger partial charge in [0.1, 0.15) is 12.7 Å². The molecule has 0 amide bonds. The smallest absolute Gasteiger partial charge is 0.463 e. The highest BCUT2D eigenvalue weighted by Gasteiger charge is 2.53. The molecule has 0 unspecified atom stereocenters. The lowest BCUT2D eigenvalue weighted by Crippen LogP contribution is -2.63. The second-order valence-corrected chi connectivity index (χ2v) is 5.45. The van der Waals surface area contributed by atoms with Gasteiger partial charge in [0, 0.05) is 27.7 Å². The monoisotopic (exact) mass is 392 g/mol. The topological polar surface area (TPSA) is 161 Å². The van der Waals surface area contributed by atoms with Crippen molar-refractivity contribution < 1.29 is 57.5 Å². The Morgan fingerprint density at radius 3 is 1.70 bits per heavy atom. The van der Waals surface area contributed by atoms with Crippen LogP contribution < -0.4 is 0 Å². The number of esters is 4. The van der Waals surface area contributed by atoms with Crippen LogP contribution in [0.4, 0.5) is 4.79 Å². The molecule has 0 radical (unpaired) electrons. The maximum absolute atomic E-state index is 11.5. The first-order valence-electron chi connectivity index (χ1n) is 7.71. The van der Waals surface area contributed by atoms with E-state index >= 15 is 0 Å². The van der Waals surface area contributed by atoms with Crippen LogP contribution in [0.3, 0.4) is 0 Å². The predicted octanol–water partition coefficient (Wildman–Crippen LogP) is -0.236. The Kier molecular flexibility index (Phi) is 7.97. The molecule has 0 saturated carbocycles. The van der Waals surface area contributed by atoms with Gasteiger partial charge >= 0.3 is 30.0 Å².